The van der Waals surface area contributed by atoms with E-state index in [2.05, 4.69) is 113 Å². The summed E-state index contributed by atoms with van der Waals surface area (Å²) in [5, 5.41) is 3.26. The van der Waals surface area contributed by atoms with Crippen molar-refractivity contribution in [1.29, 1.82) is 0 Å². The van der Waals surface area contributed by atoms with E-state index in [1.807, 2.05) is 42.5 Å². The van der Waals surface area contributed by atoms with Crippen LogP contribution in [0.1, 0.15) is 44.3 Å². The van der Waals surface area contributed by atoms with Gasteiger partial charge < -0.3 is 4.74 Å². The Morgan fingerprint density at radius 2 is 1.33 bits per heavy atom. The summed E-state index contributed by atoms with van der Waals surface area (Å²) in [6.45, 7) is 1.22. The van der Waals surface area contributed by atoms with E-state index >= 15 is 0 Å². The van der Waals surface area contributed by atoms with E-state index in [0.29, 0.717) is 33.8 Å². The van der Waals surface area contributed by atoms with Crippen LogP contribution in [0.4, 0.5) is 0 Å². The number of benzene rings is 7. The van der Waals surface area contributed by atoms with E-state index in [1.165, 1.54) is 0 Å². The maximum atomic E-state index is 8.79. The second-order valence-electron chi connectivity index (χ2n) is 14.7. The smallest absolute Gasteiger partial charge is 0.220 e. The number of rotatable bonds is 5. The van der Waals surface area contributed by atoms with E-state index in [1.54, 1.807) is 31.2 Å². The molecule has 1 aliphatic heterocycles. The highest BCUT2D eigenvalue weighted by molar-refractivity contribution is 7.10. The second kappa shape index (κ2) is 11.9. The minimum atomic E-state index is -2.95. The highest BCUT2D eigenvalue weighted by Gasteiger charge is 2.37. The lowest BCUT2D eigenvalue weighted by atomic mass is 9.74. The lowest BCUT2D eigenvalue weighted by Crippen LogP contribution is -2.64. The standard InChI is InChI=1S/C49H41N3OSi/c1-32-28-29-37(31-39(32)38-21-15-23-41-47(38)53-45-27-12-9-22-40(45)49(41,3)4)54(5,35-18-7-6-8-19-35)36-20-14-17-34(30-36)51-42-24-10-11-25-43(42)52-44-26-13-16-33(2)46(44)50-48(51)52/h6-31H,1-5H3/i1D3,3D3. The van der Waals surface area contributed by atoms with Crippen LogP contribution in [0, 0.1) is 13.8 Å². The van der Waals surface area contributed by atoms with E-state index < -0.39 is 27.2 Å². The Labute approximate surface area is 325 Å². The largest absolute Gasteiger partial charge is 0.456 e. The first-order valence-electron chi connectivity index (χ1n) is 21.3. The van der Waals surface area contributed by atoms with Crippen LogP contribution in [0.2, 0.25) is 6.55 Å². The summed E-state index contributed by atoms with van der Waals surface area (Å²) in [5.74, 6) is 1.62. The third-order valence-corrected chi connectivity index (χ3v) is 16.0. The third-order valence-electron chi connectivity index (χ3n) is 11.5. The van der Waals surface area contributed by atoms with Crippen molar-refractivity contribution in [1.82, 2.24) is 14.0 Å². The van der Waals surface area contributed by atoms with Gasteiger partial charge in [-0.3, -0.25) is 8.97 Å². The number of ether oxygens (including phenoxy) is 1. The highest BCUT2D eigenvalue weighted by atomic mass is 28.3. The fourth-order valence-corrected chi connectivity index (χ4v) is 12.2. The Kier molecular flexibility index (Phi) is 5.87. The maximum absolute atomic E-state index is 8.79. The molecule has 9 aromatic rings. The van der Waals surface area contributed by atoms with Crippen molar-refractivity contribution in [3.8, 4) is 28.3 Å². The molecule has 262 valence electrons. The van der Waals surface area contributed by atoms with Gasteiger partial charge in [0.05, 0.1) is 22.1 Å². The van der Waals surface area contributed by atoms with Crippen LogP contribution in [0.5, 0.6) is 11.5 Å². The van der Waals surface area contributed by atoms with Gasteiger partial charge in [-0.15, -0.1) is 0 Å². The van der Waals surface area contributed by atoms with Crippen molar-refractivity contribution < 1.29 is 13.0 Å². The van der Waals surface area contributed by atoms with Gasteiger partial charge >= 0.3 is 0 Å². The quantitative estimate of drug-likeness (QED) is 0.131. The molecule has 0 amide bonds. The monoisotopic (exact) mass is 721 g/mol. The zero-order valence-electron chi connectivity index (χ0n) is 36.3. The van der Waals surface area contributed by atoms with E-state index in [0.717, 1.165) is 54.7 Å². The minimum absolute atomic E-state index is 0.165. The lowest BCUT2D eigenvalue weighted by molar-refractivity contribution is 0.419. The first kappa shape index (κ1) is 26.6. The number of aryl methyl sites for hydroxylation is 2. The molecule has 0 spiro atoms. The number of fused-ring (bicyclic) bond motifs is 7. The number of nitrogens with zero attached hydrogens (tertiary/aromatic N) is 3. The first-order valence-corrected chi connectivity index (χ1v) is 20.8. The average Bonchev–Trinajstić information content (AvgIpc) is 3.78. The molecule has 2 unspecified atom stereocenters. The lowest BCUT2D eigenvalue weighted by Gasteiger charge is -2.36. The molecular formula is C49H41N3OSi. The van der Waals surface area contributed by atoms with Gasteiger partial charge in [0, 0.05) is 36.0 Å². The molecule has 0 aliphatic carbocycles. The van der Waals surface area contributed by atoms with Crippen molar-refractivity contribution in [3.05, 3.63) is 180 Å². The first-order chi connectivity index (χ1) is 28.7. The molecule has 1 aliphatic rings. The van der Waals surface area contributed by atoms with Crippen molar-refractivity contribution in [2.45, 2.75) is 39.5 Å². The van der Waals surface area contributed by atoms with Crippen LogP contribution in [-0.4, -0.2) is 22.0 Å². The van der Waals surface area contributed by atoms with Crippen LogP contribution in [0.3, 0.4) is 0 Å². The van der Waals surface area contributed by atoms with Gasteiger partial charge in [-0.2, -0.15) is 0 Å². The molecule has 10 rings (SSSR count). The van der Waals surface area contributed by atoms with Crippen molar-refractivity contribution >= 4 is 51.5 Å². The second-order valence-corrected chi connectivity index (χ2v) is 18.7. The number of imidazole rings is 2. The van der Waals surface area contributed by atoms with Gasteiger partial charge in [-0.05, 0) is 82.4 Å². The van der Waals surface area contributed by atoms with Crippen LogP contribution in [0.15, 0.2) is 158 Å². The molecule has 0 N–H and O–H groups in total. The van der Waals surface area contributed by atoms with Gasteiger partial charge in [0.2, 0.25) is 5.78 Å². The highest BCUT2D eigenvalue weighted by Crippen LogP contribution is 2.51. The van der Waals surface area contributed by atoms with Crippen LogP contribution < -0.4 is 20.3 Å². The average molecular weight is 722 g/mol. The summed E-state index contributed by atoms with van der Waals surface area (Å²) in [4.78, 5) is 5.23. The SMILES string of the molecule is [2H]C([2H])([2H])c1ccc([Si](C)(c2ccccc2)c2cccc(-n3c4ccccc4n4c5cccc(C)c5nc34)c2)cc1-c1cccc2c1Oc1ccccc1C2(C)C([2H])([2H])[2H]. The Hall–Kier alpha value is -6.17. The van der Waals surface area contributed by atoms with Crippen molar-refractivity contribution in [2.75, 3.05) is 0 Å². The van der Waals surface area contributed by atoms with E-state index in [9.17, 15) is 0 Å². The van der Waals surface area contributed by atoms with Crippen LogP contribution in [-0.2, 0) is 5.41 Å². The summed E-state index contributed by atoms with van der Waals surface area (Å²) < 4.78 is 63.7. The van der Waals surface area contributed by atoms with Gasteiger partial charge in [-0.25, -0.2) is 4.98 Å². The molecular weight excluding hydrogens is 675 g/mol. The number of hydrogen-bond donors (Lipinski definition) is 0. The maximum Gasteiger partial charge on any atom is 0.220 e. The summed E-state index contributed by atoms with van der Waals surface area (Å²) in [6, 6.07) is 52.2. The summed E-state index contributed by atoms with van der Waals surface area (Å²) in [5.41, 5.74) is 7.01. The summed E-state index contributed by atoms with van der Waals surface area (Å²) >= 11 is 0. The molecule has 5 heteroatoms. The zero-order chi connectivity index (χ0) is 41.8. The molecule has 0 bridgehead atoms. The molecule has 0 saturated heterocycles. The fourth-order valence-electron chi connectivity index (χ4n) is 8.60. The number of hydrogen-bond acceptors (Lipinski definition) is 2. The Balaban J connectivity index is 1.21. The Morgan fingerprint density at radius 1 is 0.630 bits per heavy atom. The van der Waals surface area contributed by atoms with E-state index in [-0.39, 0.29) is 5.56 Å². The predicted octanol–water partition coefficient (Wildman–Crippen LogP) is 10.2. The minimum Gasteiger partial charge on any atom is -0.456 e. The van der Waals surface area contributed by atoms with Crippen LogP contribution >= 0.6 is 0 Å². The van der Waals surface area contributed by atoms with Gasteiger partial charge in [0.1, 0.15) is 19.6 Å². The molecule has 7 aromatic carbocycles. The van der Waals surface area contributed by atoms with Crippen molar-refractivity contribution in [2.24, 2.45) is 0 Å². The third kappa shape index (κ3) is 4.64. The van der Waals surface area contributed by atoms with Gasteiger partial charge in [0.15, 0.2) is 0 Å². The molecule has 2 atom stereocenters. The van der Waals surface area contributed by atoms with Crippen molar-refractivity contribution in [3.63, 3.8) is 0 Å². The zero-order valence-corrected chi connectivity index (χ0v) is 31.3. The molecule has 54 heavy (non-hydrogen) atoms. The Bertz CT molecular complexity index is 3170. The predicted molar refractivity (Wildman–Crippen MR) is 226 cm³/mol. The topological polar surface area (TPSA) is 31.5 Å². The van der Waals surface area contributed by atoms with E-state index in [4.69, 9.17) is 17.9 Å². The molecule has 0 radical (unpaired) electrons. The summed E-state index contributed by atoms with van der Waals surface area (Å²) in [6.07, 6.45) is 0. The molecule has 0 saturated carbocycles. The van der Waals surface area contributed by atoms with Gasteiger partial charge in [-0.1, -0.05) is 142 Å². The molecule has 4 nitrogen and oxygen atoms in total. The number of para-hydroxylation sites is 5. The molecule has 2 aromatic heterocycles. The normalized spacial score (nSPS) is 18.4. The molecule has 3 heterocycles. The van der Waals surface area contributed by atoms with Gasteiger partial charge in [0.25, 0.3) is 0 Å². The van der Waals surface area contributed by atoms with Crippen LogP contribution in [0.25, 0.3) is 44.7 Å². The number of aromatic nitrogens is 3. The fraction of sp³-hybridized carbons (Fsp3) is 0.122. The summed E-state index contributed by atoms with van der Waals surface area (Å²) in [7, 11) is -2.95. The Morgan fingerprint density at radius 3 is 2.19 bits per heavy atom. The molecule has 0 fully saturated rings.